The predicted octanol–water partition coefficient (Wildman–Crippen LogP) is 4.08. The van der Waals surface area contributed by atoms with E-state index in [1.807, 2.05) is 6.07 Å². The van der Waals surface area contributed by atoms with Crippen molar-refractivity contribution in [1.29, 1.82) is 0 Å². The Labute approximate surface area is 112 Å². The third kappa shape index (κ3) is 1.69. The smallest absolute Gasteiger partial charge is 0.173 e. The van der Waals surface area contributed by atoms with Gasteiger partial charge in [0.25, 0.3) is 0 Å². The molecule has 3 rings (SSSR count). The molecule has 0 radical (unpaired) electrons. The maximum atomic E-state index is 5.89. The molecule has 16 heavy (non-hydrogen) atoms. The van der Waals surface area contributed by atoms with Crippen molar-refractivity contribution < 1.29 is 0 Å². The molecule has 0 spiro atoms. The van der Waals surface area contributed by atoms with Gasteiger partial charge in [0.05, 0.1) is 18.1 Å². The van der Waals surface area contributed by atoms with Crippen LogP contribution in [0.1, 0.15) is 5.56 Å². The lowest BCUT2D eigenvalue weighted by atomic mass is 10.1. The lowest BCUT2D eigenvalue weighted by molar-refractivity contribution is 0.518. The van der Waals surface area contributed by atoms with Gasteiger partial charge >= 0.3 is 0 Å². The summed E-state index contributed by atoms with van der Waals surface area (Å²) < 4.78 is 1.07. The summed E-state index contributed by atoms with van der Waals surface area (Å²) in [5.74, 6) is 0.540. The van der Waals surface area contributed by atoms with Crippen molar-refractivity contribution in [3.8, 4) is 0 Å². The van der Waals surface area contributed by atoms with Crippen LogP contribution in [0.15, 0.2) is 38.8 Å². The van der Waals surface area contributed by atoms with Gasteiger partial charge in [-0.25, -0.2) is 4.99 Å². The van der Waals surface area contributed by atoms with Crippen LogP contribution >= 0.6 is 39.3 Å². The lowest BCUT2D eigenvalue weighted by Crippen LogP contribution is -2.26. The highest BCUT2D eigenvalue weighted by Crippen LogP contribution is 2.37. The Morgan fingerprint density at radius 3 is 3.19 bits per heavy atom. The zero-order valence-electron chi connectivity index (χ0n) is 8.28. The van der Waals surface area contributed by atoms with Crippen LogP contribution in [-0.4, -0.2) is 15.9 Å². The summed E-state index contributed by atoms with van der Waals surface area (Å²) in [7, 11) is 0. The monoisotopic (exact) mass is 314 g/mol. The molecule has 82 valence electrons. The molecule has 0 saturated heterocycles. The molecule has 2 nitrogen and oxygen atoms in total. The Morgan fingerprint density at radius 1 is 1.50 bits per heavy atom. The number of aliphatic imine (C=N–C) groups is 1. The summed E-state index contributed by atoms with van der Waals surface area (Å²) in [4.78, 5) is 6.81. The molecule has 1 aromatic rings. The minimum absolute atomic E-state index is 0.540. The molecular weight excluding hydrogens is 308 g/mol. The molecule has 0 N–H and O–H groups in total. The summed E-state index contributed by atoms with van der Waals surface area (Å²) in [6.07, 6.45) is 0. The quantitative estimate of drug-likeness (QED) is 0.726. The number of fused-ring (bicyclic) bond motifs is 2. The molecule has 0 saturated carbocycles. The van der Waals surface area contributed by atoms with Crippen LogP contribution in [0.25, 0.3) is 0 Å². The van der Waals surface area contributed by atoms with Crippen LogP contribution in [0, 0.1) is 0 Å². The Kier molecular flexibility index (Phi) is 2.73. The molecule has 5 heteroatoms. The molecule has 0 bridgehead atoms. The number of benzene rings is 1. The van der Waals surface area contributed by atoms with Gasteiger partial charge in [-0.3, -0.25) is 0 Å². The van der Waals surface area contributed by atoms with Gasteiger partial charge in [0.1, 0.15) is 0 Å². The zero-order valence-corrected chi connectivity index (χ0v) is 11.4. The molecule has 2 aliphatic heterocycles. The van der Waals surface area contributed by atoms with Gasteiger partial charge in [-0.15, -0.1) is 11.6 Å². The third-order valence-corrected chi connectivity index (χ3v) is 4.29. The first kappa shape index (κ1) is 10.7. The van der Waals surface area contributed by atoms with Gasteiger partial charge in [0.2, 0.25) is 0 Å². The summed E-state index contributed by atoms with van der Waals surface area (Å²) in [5, 5.41) is 3.11. The van der Waals surface area contributed by atoms with Gasteiger partial charge in [-0.2, -0.15) is 0 Å². The number of alkyl halides is 1. The van der Waals surface area contributed by atoms with Gasteiger partial charge in [-0.05, 0) is 23.1 Å². The van der Waals surface area contributed by atoms with E-state index < -0.39 is 0 Å². The topological polar surface area (TPSA) is 15.6 Å². The second kappa shape index (κ2) is 4.09. The summed E-state index contributed by atoms with van der Waals surface area (Å²) >= 11 is 11.0. The van der Waals surface area contributed by atoms with E-state index in [2.05, 4.69) is 43.4 Å². The lowest BCUT2D eigenvalue weighted by Gasteiger charge is -2.26. The molecule has 0 unspecified atom stereocenters. The standard InChI is InChI=1S/C11H8BrClN2S/c12-8-2-1-7-5-15-9(4-13)6-16-11(15)14-10(7)3-8/h1-3,6H,4-5H2. The highest BCUT2D eigenvalue weighted by Gasteiger charge is 2.26. The average molecular weight is 316 g/mol. The fourth-order valence-corrected chi connectivity index (χ4v) is 3.35. The van der Waals surface area contributed by atoms with Gasteiger partial charge in [0.15, 0.2) is 5.17 Å². The number of nitrogens with zero attached hydrogens (tertiary/aromatic N) is 2. The molecule has 2 heterocycles. The second-order valence-electron chi connectivity index (χ2n) is 3.61. The van der Waals surface area contributed by atoms with E-state index in [9.17, 15) is 0 Å². The minimum atomic E-state index is 0.540. The van der Waals surface area contributed by atoms with Crippen LogP contribution in [0.5, 0.6) is 0 Å². The zero-order chi connectivity index (χ0) is 11.1. The van der Waals surface area contributed by atoms with Crippen molar-refractivity contribution >= 4 is 50.1 Å². The SMILES string of the molecule is ClCC1=CSC2=Nc3cc(Br)ccc3CN12. The first-order valence-corrected chi connectivity index (χ1v) is 7.05. The summed E-state index contributed by atoms with van der Waals surface area (Å²) in [6.45, 7) is 0.868. The van der Waals surface area contributed by atoms with Crippen molar-refractivity contribution in [2.45, 2.75) is 6.54 Å². The molecular formula is C11H8BrClN2S. The molecule has 0 atom stereocenters. The first-order chi connectivity index (χ1) is 7.78. The first-order valence-electron chi connectivity index (χ1n) is 4.84. The molecule has 0 amide bonds. The average Bonchev–Trinajstić information content (AvgIpc) is 2.68. The molecule has 0 aromatic heterocycles. The van der Waals surface area contributed by atoms with E-state index in [1.54, 1.807) is 11.8 Å². The van der Waals surface area contributed by atoms with E-state index in [1.165, 1.54) is 5.56 Å². The fraction of sp³-hybridized carbons (Fsp3) is 0.182. The number of halogens is 2. The number of amidine groups is 1. The maximum absolute atomic E-state index is 5.89. The van der Waals surface area contributed by atoms with Crippen LogP contribution in [0.3, 0.4) is 0 Å². The molecule has 1 aromatic carbocycles. The van der Waals surface area contributed by atoms with Crippen molar-refractivity contribution in [3.63, 3.8) is 0 Å². The maximum Gasteiger partial charge on any atom is 0.173 e. The number of hydrogen-bond acceptors (Lipinski definition) is 3. The van der Waals surface area contributed by atoms with E-state index in [0.29, 0.717) is 5.88 Å². The number of thioether (sulfide) groups is 1. The molecule has 0 aliphatic carbocycles. The molecule has 0 fully saturated rings. The third-order valence-electron chi connectivity index (χ3n) is 2.61. The van der Waals surface area contributed by atoms with E-state index in [0.717, 1.165) is 27.6 Å². The van der Waals surface area contributed by atoms with E-state index in [-0.39, 0.29) is 0 Å². The normalized spacial score (nSPS) is 17.8. The Hall–Kier alpha value is -0.450. The van der Waals surface area contributed by atoms with Crippen LogP contribution in [-0.2, 0) is 6.54 Å². The molecule has 2 aliphatic rings. The van der Waals surface area contributed by atoms with Gasteiger partial charge in [-0.1, -0.05) is 33.8 Å². The van der Waals surface area contributed by atoms with Crippen molar-refractivity contribution in [1.82, 2.24) is 4.90 Å². The number of rotatable bonds is 1. The Bertz CT molecular complexity index is 513. The van der Waals surface area contributed by atoms with Crippen LogP contribution in [0.4, 0.5) is 5.69 Å². The van der Waals surface area contributed by atoms with Gasteiger partial charge < -0.3 is 4.90 Å². The number of hydrogen-bond donors (Lipinski definition) is 0. The van der Waals surface area contributed by atoms with Gasteiger partial charge in [0, 0.05) is 10.2 Å². The highest BCUT2D eigenvalue weighted by atomic mass is 79.9. The van der Waals surface area contributed by atoms with E-state index in [4.69, 9.17) is 11.6 Å². The van der Waals surface area contributed by atoms with Crippen molar-refractivity contribution in [3.05, 3.63) is 39.3 Å². The van der Waals surface area contributed by atoms with Crippen LogP contribution < -0.4 is 0 Å². The predicted molar refractivity (Wildman–Crippen MR) is 73.2 cm³/mol. The van der Waals surface area contributed by atoms with Crippen molar-refractivity contribution in [2.24, 2.45) is 4.99 Å². The Morgan fingerprint density at radius 2 is 2.38 bits per heavy atom. The Balaban J connectivity index is 2.03. The summed E-state index contributed by atoms with van der Waals surface area (Å²) in [6, 6.07) is 6.21. The van der Waals surface area contributed by atoms with Crippen molar-refractivity contribution in [2.75, 3.05) is 5.88 Å². The summed E-state index contributed by atoms with van der Waals surface area (Å²) in [5.41, 5.74) is 3.43. The minimum Gasteiger partial charge on any atom is -0.318 e. The highest BCUT2D eigenvalue weighted by molar-refractivity contribution is 9.10. The van der Waals surface area contributed by atoms with Crippen LogP contribution in [0.2, 0.25) is 0 Å². The largest absolute Gasteiger partial charge is 0.318 e. The fourth-order valence-electron chi connectivity index (χ4n) is 1.78. The number of allylic oxidation sites excluding steroid dienone is 1. The van der Waals surface area contributed by atoms with E-state index >= 15 is 0 Å². The second-order valence-corrected chi connectivity index (χ2v) is 5.63.